The maximum absolute atomic E-state index is 13.6. The number of carbonyl (C=O) groups is 3. The van der Waals surface area contributed by atoms with E-state index in [4.69, 9.17) is 0 Å². The monoisotopic (exact) mass is 457 g/mol. The van der Waals surface area contributed by atoms with Gasteiger partial charge in [-0.25, -0.2) is 0 Å². The van der Waals surface area contributed by atoms with Gasteiger partial charge in [0.05, 0.1) is 5.69 Å². The third-order valence-electron chi connectivity index (χ3n) is 6.59. The maximum atomic E-state index is 13.6. The molecule has 4 rings (SSSR count). The Labute approximate surface area is 200 Å². The number of anilines is 1. The first kappa shape index (κ1) is 23.5. The highest BCUT2D eigenvalue weighted by atomic mass is 16.2. The molecule has 0 radical (unpaired) electrons. The van der Waals surface area contributed by atoms with Crippen LogP contribution in [0.4, 0.5) is 5.69 Å². The second kappa shape index (κ2) is 10.1. The predicted octanol–water partition coefficient (Wildman–Crippen LogP) is 4.17. The standard InChI is InChI=1S/C28H31N3O3/c1-4-19(2)29-27(33)20(3)30(17-16-21-10-6-5-7-11-21)25(32)18-31-24-15-9-13-22-12-8-14-23(26(22)24)28(31)34/h5-15,19-20H,4,16-18H2,1-3H3,(H,29,33)/t19-,20-/m0/s1. The summed E-state index contributed by atoms with van der Waals surface area (Å²) < 4.78 is 0. The van der Waals surface area contributed by atoms with E-state index >= 15 is 0 Å². The smallest absolute Gasteiger partial charge is 0.259 e. The molecule has 1 aliphatic heterocycles. The molecule has 0 aromatic heterocycles. The van der Waals surface area contributed by atoms with Crippen molar-refractivity contribution in [1.29, 1.82) is 0 Å². The lowest BCUT2D eigenvalue weighted by Crippen LogP contribution is -2.53. The van der Waals surface area contributed by atoms with Crippen LogP contribution in [-0.4, -0.2) is 47.8 Å². The molecule has 6 nitrogen and oxygen atoms in total. The molecule has 1 heterocycles. The SMILES string of the molecule is CC[C@H](C)NC(=O)[C@H](C)N(CCc1ccccc1)C(=O)CN1C(=O)c2cccc3cccc1c23. The van der Waals surface area contributed by atoms with Crippen LogP contribution in [0.25, 0.3) is 10.8 Å². The number of amides is 3. The normalized spacial score (nSPS) is 14.2. The molecule has 3 aromatic rings. The molecule has 0 bridgehead atoms. The second-order valence-corrected chi connectivity index (χ2v) is 8.89. The van der Waals surface area contributed by atoms with Crippen molar-refractivity contribution in [3.8, 4) is 0 Å². The number of hydrogen-bond donors (Lipinski definition) is 1. The van der Waals surface area contributed by atoms with Crippen molar-refractivity contribution in [2.24, 2.45) is 0 Å². The van der Waals surface area contributed by atoms with Crippen LogP contribution in [0.1, 0.15) is 43.1 Å². The molecule has 0 unspecified atom stereocenters. The summed E-state index contributed by atoms with van der Waals surface area (Å²) in [5.41, 5.74) is 2.44. The molecule has 3 amide bonds. The van der Waals surface area contributed by atoms with Gasteiger partial charge in [-0.2, -0.15) is 0 Å². The fraction of sp³-hybridized carbons (Fsp3) is 0.321. The first-order valence-electron chi connectivity index (χ1n) is 11.9. The topological polar surface area (TPSA) is 69.7 Å². The Hall–Kier alpha value is -3.67. The van der Waals surface area contributed by atoms with Gasteiger partial charge in [0, 0.05) is 23.5 Å². The van der Waals surface area contributed by atoms with Crippen LogP contribution in [-0.2, 0) is 16.0 Å². The van der Waals surface area contributed by atoms with Gasteiger partial charge in [0.15, 0.2) is 0 Å². The van der Waals surface area contributed by atoms with Crippen molar-refractivity contribution in [3.05, 3.63) is 77.9 Å². The summed E-state index contributed by atoms with van der Waals surface area (Å²) in [6, 6.07) is 20.6. The van der Waals surface area contributed by atoms with Crippen molar-refractivity contribution in [3.63, 3.8) is 0 Å². The van der Waals surface area contributed by atoms with Gasteiger partial charge >= 0.3 is 0 Å². The highest BCUT2D eigenvalue weighted by Crippen LogP contribution is 2.37. The summed E-state index contributed by atoms with van der Waals surface area (Å²) in [6.45, 7) is 5.98. The summed E-state index contributed by atoms with van der Waals surface area (Å²) >= 11 is 0. The number of carbonyl (C=O) groups excluding carboxylic acids is 3. The third-order valence-corrected chi connectivity index (χ3v) is 6.59. The van der Waals surface area contributed by atoms with E-state index in [1.165, 1.54) is 4.90 Å². The molecule has 0 spiro atoms. The van der Waals surface area contributed by atoms with E-state index < -0.39 is 6.04 Å². The lowest BCUT2D eigenvalue weighted by atomic mass is 10.1. The van der Waals surface area contributed by atoms with E-state index in [0.717, 1.165) is 28.4 Å². The minimum Gasteiger partial charge on any atom is -0.352 e. The highest BCUT2D eigenvalue weighted by molar-refractivity contribution is 6.26. The summed E-state index contributed by atoms with van der Waals surface area (Å²) in [5.74, 6) is -0.616. The molecule has 0 fully saturated rings. The lowest BCUT2D eigenvalue weighted by molar-refractivity contribution is -0.139. The quantitative estimate of drug-likeness (QED) is 0.524. The van der Waals surface area contributed by atoms with Gasteiger partial charge < -0.3 is 10.2 Å². The molecule has 3 aromatic carbocycles. The van der Waals surface area contributed by atoms with E-state index in [2.05, 4.69) is 5.32 Å². The Balaban J connectivity index is 1.57. The van der Waals surface area contributed by atoms with E-state index in [1.807, 2.05) is 74.5 Å². The third kappa shape index (κ3) is 4.67. The molecule has 1 N–H and O–H groups in total. The molecular weight excluding hydrogens is 426 g/mol. The molecule has 0 saturated carbocycles. The molecule has 6 heteroatoms. The molecule has 0 saturated heterocycles. The van der Waals surface area contributed by atoms with Gasteiger partial charge in [0.25, 0.3) is 5.91 Å². The van der Waals surface area contributed by atoms with Gasteiger partial charge in [-0.3, -0.25) is 19.3 Å². The van der Waals surface area contributed by atoms with E-state index in [0.29, 0.717) is 18.5 Å². The predicted molar refractivity (Wildman–Crippen MR) is 135 cm³/mol. The Bertz CT molecular complexity index is 1200. The zero-order chi connectivity index (χ0) is 24.2. The van der Waals surface area contributed by atoms with Crippen molar-refractivity contribution in [2.75, 3.05) is 18.0 Å². The van der Waals surface area contributed by atoms with Crippen LogP contribution in [0.3, 0.4) is 0 Å². The fourth-order valence-corrected chi connectivity index (χ4v) is 4.40. The molecule has 2 atom stereocenters. The molecule has 1 aliphatic rings. The average molecular weight is 458 g/mol. The number of nitrogens with zero attached hydrogens (tertiary/aromatic N) is 2. The maximum Gasteiger partial charge on any atom is 0.259 e. The number of nitrogens with one attached hydrogen (secondary N) is 1. The average Bonchev–Trinajstić information content (AvgIpc) is 3.12. The summed E-state index contributed by atoms with van der Waals surface area (Å²) in [6.07, 6.45) is 1.43. The summed E-state index contributed by atoms with van der Waals surface area (Å²) in [7, 11) is 0. The Morgan fingerprint density at radius 1 is 0.971 bits per heavy atom. The fourth-order valence-electron chi connectivity index (χ4n) is 4.40. The van der Waals surface area contributed by atoms with E-state index in [9.17, 15) is 14.4 Å². The number of benzene rings is 3. The van der Waals surface area contributed by atoms with E-state index in [1.54, 1.807) is 17.9 Å². The van der Waals surface area contributed by atoms with Gasteiger partial charge in [-0.15, -0.1) is 0 Å². The minimum atomic E-state index is -0.652. The van der Waals surface area contributed by atoms with Crippen LogP contribution >= 0.6 is 0 Å². The summed E-state index contributed by atoms with van der Waals surface area (Å²) in [5, 5.41) is 4.83. The molecule has 176 valence electrons. The van der Waals surface area contributed by atoms with Crippen LogP contribution in [0.15, 0.2) is 66.7 Å². The van der Waals surface area contributed by atoms with Crippen molar-refractivity contribution >= 4 is 34.2 Å². The number of rotatable bonds is 9. The minimum absolute atomic E-state index is 0.0216. The lowest BCUT2D eigenvalue weighted by Gasteiger charge is -2.31. The Kier molecular flexibility index (Phi) is 6.96. The van der Waals surface area contributed by atoms with Crippen LogP contribution in [0.5, 0.6) is 0 Å². The molecule has 34 heavy (non-hydrogen) atoms. The van der Waals surface area contributed by atoms with Gasteiger partial charge in [-0.1, -0.05) is 61.5 Å². The molecular formula is C28H31N3O3. The Morgan fingerprint density at radius 2 is 1.68 bits per heavy atom. The molecule has 0 aliphatic carbocycles. The second-order valence-electron chi connectivity index (χ2n) is 8.89. The number of hydrogen-bond acceptors (Lipinski definition) is 3. The first-order chi connectivity index (χ1) is 16.4. The van der Waals surface area contributed by atoms with Crippen LogP contribution in [0, 0.1) is 0 Å². The zero-order valence-corrected chi connectivity index (χ0v) is 20.0. The summed E-state index contributed by atoms with van der Waals surface area (Å²) in [4.78, 5) is 42.8. The van der Waals surface area contributed by atoms with Crippen molar-refractivity contribution < 1.29 is 14.4 Å². The van der Waals surface area contributed by atoms with Gasteiger partial charge in [-0.05, 0) is 49.8 Å². The van der Waals surface area contributed by atoms with Crippen LogP contribution in [0.2, 0.25) is 0 Å². The Morgan fingerprint density at radius 3 is 2.38 bits per heavy atom. The van der Waals surface area contributed by atoms with Crippen LogP contribution < -0.4 is 10.2 Å². The van der Waals surface area contributed by atoms with Crippen molar-refractivity contribution in [2.45, 2.75) is 45.7 Å². The largest absolute Gasteiger partial charge is 0.352 e. The van der Waals surface area contributed by atoms with Gasteiger partial charge in [0.1, 0.15) is 12.6 Å². The zero-order valence-electron chi connectivity index (χ0n) is 20.0. The highest BCUT2D eigenvalue weighted by Gasteiger charge is 2.34. The van der Waals surface area contributed by atoms with E-state index in [-0.39, 0.29) is 30.3 Å². The van der Waals surface area contributed by atoms with Gasteiger partial charge in [0.2, 0.25) is 11.8 Å². The first-order valence-corrected chi connectivity index (χ1v) is 11.9. The van der Waals surface area contributed by atoms with Crippen molar-refractivity contribution in [1.82, 2.24) is 10.2 Å².